The fourth-order valence-electron chi connectivity index (χ4n) is 1.71. The molecule has 0 fully saturated rings. The Bertz CT molecular complexity index is 473. The summed E-state index contributed by atoms with van der Waals surface area (Å²) in [5, 5.41) is 20.8. The van der Waals surface area contributed by atoms with Crippen LogP contribution in [-0.4, -0.2) is 28.1 Å². The average Bonchev–Trinajstić information content (AvgIpc) is 2.43. The highest BCUT2D eigenvalue weighted by Gasteiger charge is 2.26. The van der Waals surface area contributed by atoms with Gasteiger partial charge < -0.3 is 21.3 Å². The molecule has 5 N–H and O–H groups in total. The second-order valence-corrected chi connectivity index (χ2v) is 4.78. The molecule has 0 saturated carbocycles. The molecule has 6 heteroatoms. The fraction of sp³-hybridized carbons (Fsp3) is 0.429. The summed E-state index contributed by atoms with van der Waals surface area (Å²) in [6.07, 6.45) is 0.728. The van der Waals surface area contributed by atoms with Crippen molar-refractivity contribution >= 4 is 11.9 Å². The molecule has 1 amide bonds. The molecule has 6 nitrogen and oxygen atoms in total. The first kappa shape index (κ1) is 16.0. The lowest BCUT2D eigenvalue weighted by Crippen LogP contribution is -2.47. The van der Waals surface area contributed by atoms with Gasteiger partial charge in [0.2, 0.25) is 5.91 Å². The lowest BCUT2D eigenvalue weighted by Gasteiger charge is -2.21. The summed E-state index contributed by atoms with van der Waals surface area (Å²) in [6, 6.07) is 3.70. The highest BCUT2D eigenvalue weighted by molar-refractivity contribution is 5.87. The Morgan fingerprint density at radius 3 is 2.30 bits per heavy atom. The van der Waals surface area contributed by atoms with Gasteiger partial charge in [-0.05, 0) is 23.6 Å². The van der Waals surface area contributed by atoms with Gasteiger partial charge >= 0.3 is 5.97 Å². The molecule has 1 rings (SSSR count). The molecule has 3 atom stereocenters. The summed E-state index contributed by atoms with van der Waals surface area (Å²) in [6.45, 7) is 3.74. The largest absolute Gasteiger partial charge is 0.508 e. The van der Waals surface area contributed by atoms with Crippen molar-refractivity contribution in [2.75, 3.05) is 0 Å². The van der Waals surface area contributed by atoms with E-state index in [1.807, 2.05) is 13.8 Å². The zero-order valence-electron chi connectivity index (χ0n) is 11.5. The maximum atomic E-state index is 11.9. The standard InChI is InChI=1S/C14H20N2O4/c1-3-8(2)11(15)13(18)16-12(14(19)20)9-4-6-10(17)7-5-9/h4-8,11-12,17H,3,15H2,1-2H3,(H,16,18)(H,19,20). The van der Waals surface area contributed by atoms with Gasteiger partial charge in [-0.2, -0.15) is 0 Å². The molecule has 20 heavy (non-hydrogen) atoms. The maximum Gasteiger partial charge on any atom is 0.330 e. The van der Waals surface area contributed by atoms with Crippen LogP contribution < -0.4 is 11.1 Å². The van der Waals surface area contributed by atoms with Crippen molar-refractivity contribution in [1.29, 1.82) is 0 Å². The lowest BCUT2D eigenvalue weighted by molar-refractivity contribution is -0.142. The number of carbonyl (C=O) groups is 2. The molecule has 3 unspecified atom stereocenters. The van der Waals surface area contributed by atoms with Crippen LogP contribution in [-0.2, 0) is 9.59 Å². The Morgan fingerprint density at radius 1 is 1.30 bits per heavy atom. The van der Waals surface area contributed by atoms with Crippen LogP contribution in [0.3, 0.4) is 0 Å². The van der Waals surface area contributed by atoms with E-state index >= 15 is 0 Å². The number of carboxylic acid groups (broad SMARTS) is 1. The van der Waals surface area contributed by atoms with Crippen LogP contribution in [0, 0.1) is 5.92 Å². The first-order valence-electron chi connectivity index (χ1n) is 6.44. The molecule has 1 aromatic carbocycles. The Morgan fingerprint density at radius 2 is 1.85 bits per heavy atom. The fourth-order valence-corrected chi connectivity index (χ4v) is 1.71. The van der Waals surface area contributed by atoms with E-state index in [4.69, 9.17) is 5.73 Å². The number of amides is 1. The number of hydrogen-bond donors (Lipinski definition) is 4. The van der Waals surface area contributed by atoms with Crippen molar-refractivity contribution in [3.8, 4) is 5.75 Å². The predicted octanol–water partition coefficient (Wildman–Crippen LogP) is 1.01. The van der Waals surface area contributed by atoms with Crippen LogP contribution >= 0.6 is 0 Å². The third-order valence-corrected chi connectivity index (χ3v) is 3.32. The molecule has 0 aliphatic rings. The second kappa shape index (κ2) is 6.91. The summed E-state index contributed by atoms with van der Waals surface area (Å²) in [7, 11) is 0. The highest BCUT2D eigenvalue weighted by atomic mass is 16.4. The predicted molar refractivity (Wildman–Crippen MR) is 74.1 cm³/mol. The molecule has 110 valence electrons. The number of carboxylic acids is 1. The first-order valence-corrected chi connectivity index (χ1v) is 6.44. The second-order valence-electron chi connectivity index (χ2n) is 4.78. The van der Waals surface area contributed by atoms with Crippen LogP contribution in [0.25, 0.3) is 0 Å². The SMILES string of the molecule is CCC(C)C(N)C(=O)NC(C(=O)O)c1ccc(O)cc1. The van der Waals surface area contributed by atoms with Gasteiger partial charge in [0.1, 0.15) is 5.75 Å². The number of nitrogens with one attached hydrogen (secondary N) is 1. The van der Waals surface area contributed by atoms with Crippen LogP contribution in [0.5, 0.6) is 5.75 Å². The van der Waals surface area contributed by atoms with Crippen molar-refractivity contribution in [3.05, 3.63) is 29.8 Å². The van der Waals surface area contributed by atoms with E-state index in [1.165, 1.54) is 24.3 Å². The number of nitrogens with two attached hydrogens (primary N) is 1. The van der Waals surface area contributed by atoms with Gasteiger partial charge in [-0.25, -0.2) is 4.79 Å². The van der Waals surface area contributed by atoms with E-state index in [0.29, 0.717) is 5.56 Å². The van der Waals surface area contributed by atoms with Gasteiger partial charge in [0.05, 0.1) is 6.04 Å². The lowest BCUT2D eigenvalue weighted by atomic mass is 9.98. The maximum absolute atomic E-state index is 11.9. The molecular formula is C14H20N2O4. The van der Waals surface area contributed by atoms with Crippen molar-refractivity contribution < 1.29 is 19.8 Å². The number of carbonyl (C=O) groups excluding carboxylic acids is 1. The monoisotopic (exact) mass is 280 g/mol. The third kappa shape index (κ3) is 3.96. The van der Waals surface area contributed by atoms with Crippen LogP contribution in [0.2, 0.25) is 0 Å². The summed E-state index contributed by atoms with van der Waals surface area (Å²) in [5.41, 5.74) is 6.15. The number of phenolic OH excluding ortho intramolecular Hbond substituents is 1. The van der Waals surface area contributed by atoms with Crippen molar-refractivity contribution in [1.82, 2.24) is 5.32 Å². The molecule has 0 saturated heterocycles. The van der Waals surface area contributed by atoms with E-state index in [1.54, 1.807) is 0 Å². The van der Waals surface area contributed by atoms with E-state index in [2.05, 4.69) is 5.32 Å². The zero-order valence-corrected chi connectivity index (χ0v) is 11.5. The van der Waals surface area contributed by atoms with Gasteiger partial charge in [-0.15, -0.1) is 0 Å². The zero-order chi connectivity index (χ0) is 15.3. The normalized spacial score (nSPS) is 15.2. The molecule has 0 aliphatic carbocycles. The van der Waals surface area contributed by atoms with Gasteiger partial charge in [0.25, 0.3) is 0 Å². The highest BCUT2D eigenvalue weighted by Crippen LogP contribution is 2.18. The van der Waals surface area contributed by atoms with E-state index in [9.17, 15) is 19.8 Å². The van der Waals surface area contributed by atoms with Crippen molar-refractivity contribution in [2.24, 2.45) is 11.7 Å². The summed E-state index contributed by atoms with van der Waals surface area (Å²) in [4.78, 5) is 23.2. The number of benzene rings is 1. The molecule has 0 spiro atoms. The van der Waals surface area contributed by atoms with E-state index in [-0.39, 0.29) is 11.7 Å². The molecule has 0 heterocycles. The molecule has 1 aromatic rings. The Labute approximate surface area is 117 Å². The quantitative estimate of drug-likeness (QED) is 0.621. The minimum absolute atomic E-state index is 0.0283. The Hall–Kier alpha value is -2.08. The minimum Gasteiger partial charge on any atom is -0.508 e. The van der Waals surface area contributed by atoms with Crippen LogP contribution in [0.15, 0.2) is 24.3 Å². The minimum atomic E-state index is -1.18. The number of hydrogen-bond acceptors (Lipinski definition) is 4. The molecular weight excluding hydrogens is 260 g/mol. The first-order chi connectivity index (χ1) is 9.36. The van der Waals surface area contributed by atoms with Crippen LogP contribution in [0.1, 0.15) is 31.9 Å². The van der Waals surface area contributed by atoms with E-state index < -0.39 is 24.0 Å². The smallest absolute Gasteiger partial charge is 0.330 e. The Balaban J connectivity index is 2.86. The summed E-state index contributed by atoms with van der Waals surface area (Å²) < 4.78 is 0. The topological polar surface area (TPSA) is 113 Å². The summed E-state index contributed by atoms with van der Waals surface area (Å²) in [5.74, 6) is -1.69. The van der Waals surface area contributed by atoms with Gasteiger partial charge in [0, 0.05) is 0 Å². The number of aliphatic carboxylic acids is 1. The van der Waals surface area contributed by atoms with E-state index in [0.717, 1.165) is 6.42 Å². The van der Waals surface area contributed by atoms with Gasteiger partial charge in [0.15, 0.2) is 6.04 Å². The summed E-state index contributed by atoms with van der Waals surface area (Å²) >= 11 is 0. The molecule has 0 radical (unpaired) electrons. The van der Waals surface area contributed by atoms with Crippen LogP contribution in [0.4, 0.5) is 0 Å². The van der Waals surface area contributed by atoms with Crippen molar-refractivity contribution in [3.63, 3.8) is 0 Å². The van der Waals surface area contributed by atoms with Crippen molar-refractivity contribution in [2.45, 2.75) is 32.4 Å². The average molecular weight is 280 g/mol. The Kier molecular flexibility index (Phi) is 5.52. The number of rotatable bonds is 6. The molecule has 0 aromatic heterocycles. The van der Waals surface area contributed by atoms with Gasteiger partial charge in [-0.3, -0.25) is 4.79 Å². The third-order valence-electron chi connectivity index (χ3n) is 3.32. The number of phenols is 1. The number of aromatic hydroxyl groups is 1. The molecule has 0 bridgehead atoms. The molecule has 0 aliphatic heterocycles. The van der Waals surface area contributed by atoms with Gasteiger partial charge in [-0.1, -0.05) is 32.4 Å².